The SMILES string of the molecule is C[n+]1[nH]oc(=O)c1SCCC(=O)Nc1cc(C(=O)O)ccc1Cl. The van der Waals surface area contributed by atoms with Gasteiger partial charge in [0.05, 0.1) is 16.3 Å². The van der Waals surface area contributed by atoms with Crippen molar-refractivity contribution in [2.45, 2.75) is 11.4 Å². The van der Waals surface area contributed by atoms with Gasteiger partial charge in [-0.05, 0) is 35.2 Å². The summed E-state index contributed by atoms with van der Waals surface area (Å²) in [4.78, 5) is 34.2. The van der Waals surface area contributed by atoms with E-state index in [-0.39, 0.29) is 28.6 Å². The van der Waals surface area contributed by atoms with Crippen molar-refractivity contribution >= 4 is 40.9 Å². The van der Waals surface area contributed by atoms with Crippen LogP contribution in [0.25, 0.3) is 0 Å². The van der Waals surface area contributed by atoms with Gasteiger partial charge in [0.15, 0.2) is 7.05 Å². The molecule has 0 saturated carbocycles. The minimum absolute atomic E-state index is 0.0241. The van der Waals surface area contributed by atoms with Gasteiger partial charge in [-0.2, -0.15) is 0 Å². The summed E-state index contributed by atoms with van der Waals surface area (Å²) in [5.41, 5.74) is -0.251. The molecular formula is C13H13ClN3O5S+. The number of aromatic nitrogens is 2. The van der Waals surface area contributed by atoms with E-state index in [9.17, 15) is 14.4 Å². The summed E-state index contributed by atoms with van der Waals surface area (Å²) in [5, 5.41) is 14.5. The second kappa shape index (κ2) is 7.34. The minimum Gasteiger partial charge on any atom is -0.478 e. The van der Waals surface area contributed by atoms with Crippen LogP contribution in [0, 0.1) is 0 Å². The lowest BCUT2D eigenvalue weighted by atomic mass is 10.2. The average molecular weight is 359 g/mol. The number of anilines is 1. The van der Waals surface area contributed by atoms with E-state index in [0.29, 0.717) is 10.8 Å². The number of H-pyrrole nitrogens is 1. The van der Waals surface area contributed by atoms with Crippen LogP contribution in [0.1, 0.15) is 16.8 Å². The number of carbonyl (C=O) groups is 2. The predicted molar refractivity (Wildman–Crippen MR) is 82.9 cm³/mol. The molecule has 0 atom stereocenters. The van der Waals surface area contributed by atoms with E-state index in [2.05, 4.69) is 15.1 Å². The maximum absolute atomic E-state index is 11.9. The molecule has 0 radical (unpaired) electrons. The third-order valence-electron chi connectivity index (χ3n) is 2.81. The molecule has 8 nitrogen and oxygen atoms in total. The summed E-state index contributed by atoms with van der Waals surface area (Å²) >= 11 is 7.10. The number of amides is 1. The molecule has 1 aromatic heterocycles. The van der Waals surface area contributed by atoms with E-state index in [1.165, 1.54) is 34.6 Å². The average Bonchev–Trinajstić information content (AvgIpc) is 2.81. The number of aromatic amines is 1. The van der Waals surface area contributed by atoms with Crippen molar-refractivity contribution in [2.24, 2.45) is 7.05 Å². The summed E-state index contributed by atoms with van der Waals surface area (Å²) in [6, 6.07) is 4.04. The van der Waals surface area contributed by atoms with E-state index >= 15 is 0 Å². The van der Waals surface area contributed by atoms with Gasteiger partial charge in [-0.3, -0.25) is 9.32 Å². The van der Waals surface area contributed by atoms with Crippen molar-refractivity contribution in [2.75, 3.05) is 11.1 Å². The Kier molecular flexibility index (Phi) is 5.45. The highest BCUT2D eigenvalue weighted by atomic mass is 35.5. The molecule has 2 rings (SSSR count). The van der Waals surface area contributed by atoms with Crippen molar-refractivity contribution in [1.29, 1.82) is 0 Å². The van der Waals surface area contributed by atoms with Crippen molar-refractivity contribution in [3.8, 4) is 0 Å². The van der Waals surface area contributed by atoms with Gasteiger partial charge in [0.2, 0.25) is 5.91 Å². The third-order valence-corrected chi connectivity index (χ3v) is 4.26. The molecule has 23 heavy (non-hydrogen) atoms. The van der Waals surface area contributed by atoms with Gasteiger partial charge in [0.25, 0.3) is 0 Å². The number of hydrogen-bond acceptors (Lipinski definition) is 5. The number of aromatic carboxylic acids is 1. The predicted octanol–water partition coefficient (Wildman–Crippen LogP) is 1.26. The topological polar surface area (TPSA) is 116 Å². The number of benzene rings is 1. The lowest BCUT2D eigenvalue weighted by molar-refractivity contribution is -0.772. The molecule has 1 amide bonds. The van der Waals surface area contributed by atoms with E-state index in [0.717, 1.165) is 0 Å². The Morgan fingerprint density at radius 1 is 1.48 bits per heavy atom. The zero-order chi connectivity index (χ0) is 17.0. The molecule has 0 aliphatic heterocycles. The normalized spacial score (nSPS) is 10.5. The Bertz CT molecular complexity index is 801. The maximum atomic E-state index is 11.9. The van der Waals surface area contributed by atoms with E-state index in [4.69, 9.17) is 16.7 Å². The largest absolute Gasteiger partial charge is 0.478 e. The zero-order valence-corrected chi connectivity index (χ0v) is 13.5. The number of halogens is 1. The summed E-state index contributed by atoms with van der Waals surface area (Å²) in [6.45, 7) is 0. The van der Waals surface area contributed by atoms with Crippen molar-refractivity contribution < 1.29 is 23.9 Å². The van der Waals surface area contributed by atoms with Crippen molar-refractivity contribution in [3.63, 3.8) is 0 Å². The number of thioether (sulfide) groups is 1. The number of aryl methyl sites for hydroxylation is 1. The van der Waals surface area contributed by atoms with Crippen molar-refractivity contribution in [1.82, 2.24) is 5.27 Å². The molecule has 0 saturated heterocycles. The summed E-state index contributed by atoms with van der Waals surface area (Å²) in [7, 11) is 1.62. The summed E-state index contributed by atoms with van der Waals surface area (Å²) < 4.78 is 6.00. The van der Waals surface area contributed by atoms with Gasteiger partial charge in [0, 0.05) is 12.2 Å². The number of nitrogens with zero attached hydrogens (tertiary/aromatic N) is 1. The van der Waals surface area contributed by atoms with Crippen LogP contribution >= 0.6 is 23.4 Å². The van der Waals surface area contributed by atoms with Crippen LogP contribution in [0.15, 0.2) is 32.5 Å². The molecule has 0 aliphatic carbocycles. The highest BCUT2D eigenvalue weighted by Gasteiger charge is 2.18. The lowest BCUT2D eigenvalue weighted by Gasteiger charge is -2.07. The van der Waals surface area contributed by atoms with Gasteiger partial charge in [0.1, 0.15) is 0 Å². The number of carbonyl (C=O) groups excluding carboxylic acids is 1. The Labute approximate surface area is 139 Å². The second-order valence-corrected chi connectivity index (χ2v) is 5.98. The zero-order valence-electron chi connectivity index (χ0n) is 12.0. The molecule has 0 spiro atoms. The highest BCUT2D eigenvalue weighted by Crippen LogP contribution is 2.23. The molecular weight excluding hydrogens is 346 g/mol. The monoisotopic (exact) mass is 358 g/mol. The Morgan fingerprint density at radius 2 is 2.22 bits per heavy atom. The fourth-order valence-electron chi connectivity index (χ4n) is 1.69. The molecule has 122 valence electrons. The van der Waals surface area contributed by atoms with Crippen molar-refractivity contribution in [3.05, 3.63) is 39.2 Å². The number of hydrogen-bond donors (Lipinski definition) is 3. The third kappa shape index (κ3) is 4.36. The maximum Gasteiger partial charge on any atom is 0.441 e. The van der Waals surface area contributed by atoms with Crippen LogP contribution in [-0.4, -0.2) is 28.0 Å². The first-order valence-electron chi connectivity index (χ1n) is 6.41. The molecule has 2 aromatic rings. The van der Waals surface area contributed by atoms with E-state index < -0.39 is 11.6 Å². The first-order valence-corrected chi connectivity index (χ1v) is 7.78. The molecule has 0 bridgehead atoms. The molecule has 0 fully saturated rings. The Balaban J connectivity index is 1.94. The molecule has 0 aliphatic rings. The quantitative estimate of drug-likeness (QED) is 0.529. The Hall–Kier alpha value is -2.26. The number of carboxylic acid groups (broad SMARTS) is 1. The fraction of sp³-hybridized carbons (Fsp3) is 0.231. The first-order chi connectivity index (χ1) is 10.9. The van der Waals surface area contributed by atoms with Gasteiger partial charge >= 0.3 is 16.6 Å². The minimum atomic E-state index is -1.11. The summed E-state index contributed by atoms with van der Waals surface area (Å²) in [6.07, 6.45) is 0.114. The number of rotatable bonds is 6. The first kappa shape index (κ1) is 17.1. The number of nitrogens with one attached hydrogen (secondary N) is 2. The van der Waals surface area contributed by atoms with Crippen LogP contribution in [0.4, 0.5) is 5.69 Å². The van der Waals surface area contributed by atoms with Crippen LogP contribution in [-0.2, 0) is 11.8 Å². The van der Waals surface area contributed by atoms with Gasteiger partial charge in [-0.15, -0.1) is 0 Å². The number of carboxylic acids is 1. The van der Waals surface area contributed by atoms with Gasteiger partial charge < -0.3 is 10.4 Å². The Morgan fingerprint density at radius 3 is 2.83 bits per heavy atom. The van der Waals surface area contributed by atoms with Crippen LogP contribution in [0.2, 0.25) is 5.02 Å². The van der Waals surface area contributed by atoms with Gasteiger partial charge in [-0.25, -0.2) is 9.59 Å². The molecule has 3 N–H and O–H groups in total. The van der Waals surface area contributed by atoms with Crippen LogP contribution in [0.3, 0.4) is 0 Å². The molecule has 10 heteroatoms. The van der Waals surface area contributed by atoms with Crippen LogP contribution in [0.5, 0.6) is 0 Å². The lowest BCUT2D eigenvalue weighted by Crippen LogP contribution is -2.33. The molecule has 1 aromatic carbocycles. The van der Waals surface area contributed by atoms with Crippen LogP contribution < -0.4 is 15.6 Å². The van der Waals surface area contributed by atoms with E-state index in [1.807, 2.05) is 0 Å². The molecule has 0 unspecified atom stereocenters. The summed E-state index contributed by atoms with van der Waals surface area (Å²) in [5.74, 6) is -1.11. The standard InChI is InChI=1S/C13H12ClN3O5S/c1-17-11(13(21)22-16-17)23-5-4-10(18)15-9-6-7(12(19)20)2-3-8(9)14/h2-3,6H,4-5H2,1H3,(H2-,15,16,18,19,20,21)/p+1. The molecule has 1 heterocycles. The van der Waals surface area contributed by atoms with E-state index in [1.54, 1.807) is 7.05 Å². The smallest absolute Gasteiger partial charge is 0.441 e. The van der Waals surface area contributed by atoms with Gasteiger partial charge in [-0.1, -0.05) is 16.3 Å². The second-order valence-electron chi connectivity index (χ2n) is 4.49. The fourth-order valence-corrected chi connectivity index (χ4v) is 2.73. The highest BCUT2D eigenvalue weighted by molar-refractivity contribution is 7.99.